The molecule has 0 aliphatic rings. The molecule has 0 amide bonds. The van der Waals surface area contributed by atoms with Gasteiger partial charge in [-0.2, -0.15) is 0 Å². The summed E-state index contributed by atoms with van der Waals surface area (Å²) < 4.78 is 18.7. The van der Waals surface area contributed by atoms with E-state index in [0.717, 1.165) is 12.8 Å². The van der Waals surface area contributed by atoms with Gasteiger partial charge in [0.2, 0.25) is 0 Å². The minimum Gasteiger partial charge on any atom is -0.491 e. The first-order valence-electron chi connectivity index (χ1n) is 5.26. The molecule has 0 radical (unpaired) electrons. The van der Waals surface area contributed by atoms with Gasteiger partial charge in [-0.05, 0) is 44.9 Å². The minimum absolute atomic E-state index is 0.0793. The monoisotopic (exact) mass is 211 g/mol. The predicted octanol–water partition coefficient (Wildman–Crippen LogP) is 2.64. The van der Waals surface area contributed by atoms with Crippen LogP contribution in [0.4, 0.5) is 4.39 Å². The van der Waals surface area contributed by atoms with E-state index in [-0.39, 0.29) is 11.9 Å². The lowest BCUT2D eigenvalue weighted by atomic mass is 10.2. The van der Waals surface area contributed by atoms with Crippen LogP contribution in [0.2, 0.25) is 0 Å². The standard InChI is InChI=1S/C12H18FNO/c1-9-5-6-11(8-12(9)13)15-10(2)4-3-7-14/h5-6,8,10H,3-4,7,14H2,1-2H3. The maximum Gasteiger partial charge on any atom is 0.129 e. The number of ether oxygens (including phenoxy) is 1. The third-order valence-corrected chi connectivity index (χ3v) is 2.30. The molecule has 0 heterocycles. The number of aryl methyl sites for hydroxylation is 1. The van der Waals surface area contributed by atoms with Crippen molar-refractivity contribution in [3.8, 4) is 5.75 Å². The van der Waals surface area contributed by atoms with Gasteiger partial charge in [0.25, 0.3) is 0 Å². The third kappa shape index (κ3) is 3.88. The van der Waals surface area contributed by atoms with Gasteiger partial charge in [0.1, 0.15) is 11.6 Å². The van der Waals surface area contributed by atoms with Crippen molar-refractivity contribution in [2.75, 3.05) is 6.54 Å². The van der Waals surface area contributed by atoms with Crippen LogP contribution in [0, 0.1) is 12.7 Å². The van der Waals surface area contributed by atoms with Crippen LogP contribution < -0.4 is 10.5 Å². The third-order valence-electron chi connectivity index (χ3n) is 2.30. The van der Waals surface area contributed by atoms with Gasteiger partial charge in [0.15, 0.2) is 0 Å². The van der Waals surface area contributed by atoms with E-state index in [1.807, 2.05) is 6.92 Å². The van der Waals surface area contributed by atoms with Crippen LogP contribution >= 0.6 is 0 Å². The van der Waals surface area contributed by atoms with E-state index < -0.39 is 0 Å². The normalized spacial score (nSPS) is 12.5. The van der Waals surface area contributed by atoms with Crippen LogP contribution in [0.3, 0.4) is 0 Å². The van der Waals surface area contributed by atoms with Crippen LogP contribution in [0.1, 0.15) is 25.3 Å². The molecular weight excluding hydrogens is 193 g/mol. The second-order valence-electron chi connectivity index (χ2n) is 3.77. The molecule has 0 saturated carbocycles. The molecule has 2 nitrogen and oxygen atoms in total. The van der Waals surface area contributed by atoms with Crippen LogP contribution in [-0.2, 0) is 0 Å². The first kappa shape index (κ1) is 12.0. The lowest BCUT2D eigenvalue weighted by molar-refractivity contribution is 0.208. The summed E-state index contributed by atoms with van der Waals surface area (Å²) in [6.45, 7) is 4.36. The molecule has 0 aliphatic carbocycles. The lowest BCUT2D eigenvalue weighted by Crippen LogP contribution is -2.14. The molecule has 1 aromatic rings. The number of hydrogen-bond donors (Lipinski definition) is 1. The van der Waals surface area contributed by atoms with Gasteiger partial charge in [-0.1, -0.05) is 6.07 Å². The molecule has 3 heteroatoms. The fraction of sp³-hybridized carbons (Fsp3) is 0.500. The molecule has 0 aromatic heterocycles. The first-order valence-corrected chi connectivity index (χ1v) is 5.26. The maximum absolute atomic E-state index is 13.2. The summed E-state index contributed by atoms with van der Waals surface area (Å²) in [6.07, 6.45) is 1.90. The zero-order valence-corrected chi connectivity index (χ0v) is 9.29. The Kier molecular flexibility index (Phi) is 4.56. The van der Waals surface area contributed by atoms with Crippen LogP contribution in [0.5, 0.6) is 5.75 Å². The van der Waals surface area contributed by atoms with Crippen molar-refractivity contribution < 1.29 is 9.13 Å². The zero-order valence-electron chi connectivity index (χ0n) is 9.29. The van der Waals surface area contributed by atoms with E-state index in [9.17, 15) is 4.39 Å². The Morgan fingerprint density at radius 1 is 1.47 bits per heavy atom. The molecule has 1 unspecified atom stereocenters. The van der Waals surface area contributed by atoms with Gasteiger partial charge in [-0.15, -0.1) is 0 Å². The van der Waals surface area contributed by atoms with E-state index >= 15 is 0 Å². The van der Waals surface area contributed by atoms with E-state index in [1.54, 1.807) is 19.1 Å². The molecule has 15 heavy (non-hydrogen) atoms. The number of nitrogens with two attached hydrogens (primary N) is 1. The predicted molar refractivity (Wildman–Crippen MR) is 59.5 cm³/mol. The van der Waals surface area contributed by atoms with Crippen LogP contribution in [0.25, 0.3) is 0 Å². The highest BCUT2D eigenvalue weighted by Gasteiger charge is 2.05. The van der Waals surface area contributed by atoms with Crippen molar-refractivity contribution in [1.29, 1.82) is 0 Å². The van der Waals surface area contributed by atoms with Gasteiger partial charge in [0, 0.05) is 6.07 Å². The SMILES string of the molecule is Cc1ccc(OC(C)CCCN)cc1F. The number of hydrogen-bond acceptors (Lipinski definition) is 2. The summed E-state index contributed by atoms with van der Waals surface area (Å²) in [5.74, 6) is 0.362. The summed E-state index contributed by atoms with van der Waals surface area (Å²) in [5, 5.41) is 0. The topological polar surface area (TPSA) is 35.2 Å². The summed E-state index contributed by atoms with van der Waals surface area (Å²) in [6, 6.07) is 4.94. The first-order chi connectivity index (χ1) is 7.13. The molecule has 0 spiro atoms. The largest absolute Gasteiger partial charge is 0.491 e. The molecule has 2 N–H and O–H groups in total. The lowest BCUT2D eigenvalue weighted by Gasteiger charge is -2.14. The molecule has 84 valence electrons. The molecule has 0 aliphatic heterocycles. The van der Waals surface area contributed by atoms with Gasteiger partial charge >= 0.3 is 0 Å². The molecule has 0 bridgehead atoms. The fourth-order valence-electron chi connectivity index (χ4n) is 1.34. The number of rotatable bonds is 5. The zero-order chi connectivity index (χ0) is 11.3. The van der Waals surface area contributed by atoms with Crippen LogP contribution in [0.15, 0.2) is 18.2 Å². The van der Waals surface area contributed by atoms with Crippen molar-refractivity contribution in [2.24, 2.45) is 5.73 Å². The second-order valence-corrected chi connectivity index (χ2v) is 3.77. The summed E-state index contributed by atoms with van der Waals surface area (Å²) >= 11 is 0. The highest BCUT2D eigenvalue weighted by atomic mass is 19.1. The van der Waals surface area contributed by atoms with Crippen molar-refractivity contribution >= 4 is 0 Å². The summed E-state index contributed by atoms with van der Waals surface area (Å²) in [7, 11) is 0. The Bertz CT molecular complexity index is 314. The van der Waals surface area contributed by atoms with Crippen molar-refractivity contribution in [3.05, 3.63) is 29.6 Å². The van der Waals surface area contributed by atoms with Crippen molar-refractivity contribution in [1.82, 2.24) is 0 Å². The van der Waals surface area contributed by atoms with Gasteiger partial charge in [-0.3, -0.25) is 0 Å². The van der Waals surface area contributed by atoms with Crippen molar-refractivity contribution in [3.63, 3.8) is 0 Å². The Morgan fingerprint density at radius 3 is 2.80 bits per heavy atom. The highest BCUT2D eigenvalue weighted by molar-refractivity contribution is 5.28. The summed E-state index contributed by atoms with van der Waals surface area (Å²) in [4.78, 5) is 0. The van der Waals surface area contributed by atoms with E-state index in [0.29, 0.717) is 17.9 Å². The Balaban J connectivity index is 2.53. The number of benzene rings is 1. The van der Waals surface area contributed by atoms with Gasteiger partial charge < -0.3 is 10.5 Å². The van der Waals surface area contributed by atoms with Gasteiger partial charge in [-0.25, -0.2) is 4.39 Å². The van der Waals surface area contributed by atoms with Gasteiger partial charge in [0.05, 0.1) is 6.10 Å². The Hall–Kier alpha value is -1.09. The smallest absolute Gasteiger partial charge is 0.129 e. The fourth-order valence-corrected chi connectivity index (χ4v) is 1.34. The average Bonchev–Trinajstić information content (AvgIpc) is 2.20. The highest BCUT2D eigenvalue weighted by Crippen LogP contribution is 2.18. The maximum atomic E-state index is 13.2. The quantitative estimate of drug-likeness (QED) is 0.812. The second kappa shape index (κ2) is 5.71. The Labute approximate surface area is 90.2 Å². The molecule has 1 atom stereocenters. The Morgan fingerprint density at radius 2 is 2.20 bits per heavy atom. The summed E-state index contributed by atoms with van der Waals surface area (Å²) in [5.41, 5.74) is 6.03. The molecule has 1 aromatic carbocycles. The molecule has 0 saturated heterocycles. The van der Waals surface area contributed by atoms with E-state index in [2.05, 4.69) is 0 Å². The molecular formula is C12H18FNO. The van der Waals surface area contributed by atoms with Crippen molar-refractivity contribution in [2.45, 2.75) is 32.8 Å². The van der Waals surface area contributed by atoms with E-state index in [1.165, 1.54) is 6.07 Å². The minimum atomic E-state index is -0.224. The average molecular weight is 211 g/mol. The molecule has 0 fully saturated rings. The number of halogens is 1. The molecule has 1 rings (SSSR count). The van der Waals surface area contributed by atoms with E-state index in [4.69, 9.17) is 10.5 Å². The van der Waals surface area contributed by atoms with Crippen LogP contribution in [-0.4, -0.2) is 12.6 Å².